The van der Waals surface area contributed by atoms with Gasteiger partial charge in [0.2, 0.25) is 17.6 Å². The van der Waals surface area contributed by atoms with Crippen molar-refractivity contribution in [2.45, 2.75) is 38.7 Å². The second-order valence-electron chi connectivity index (χ2n) is 11.6. The highest BCUT2D eigenvalue weighted by molar-refractivity contribution is 9.10. The maximum atomic E-state index is 13.7. The van der Waals surface area contributed by atoms with Crippen molar-refractivity contribution in [1.29, 1.82) is 0 Å². The average Bonchev–Trinajstić information content (AvgIpc) is 3.28. The number of carbonyl (C=O) groups is 4. The Hall–Kier alpha value is -3.95. The first-order valence-corrected chi connectivity index (χ1v) is 16.1. The lowest BCUT2D eigenvalue weighted by Crippen LogP contribution is -2.30. The molecule has 1 saturated carbocycles. The molecule has 0 N–H and O–H groups in total. The fourth-order valence-corrected chi connectivity index (χ4v) is 6.83. The summed E-state index contributed by atoms with van der Waals surface area (Å²) in [6.45, 7) is 2.12. The third-order valence-electron chi connectivity index (χ3n) is 8.64. The van der Waals surface area contributed by atoms with Crippen LogP contribution in [0.3, 0.4) is 0 Å². The van der Waals surface area contributed by atoms with Gasteiger partial charge in [-0.15, -0.1) is 11.6 Å². The van der Waals surface area contributed by atoms with Gasteiger partial charge in [-0.3, -0.25) is 19.3 Å². The van der Waals surface area contributed by atoms with E-state index in [1.54, 1.807) is 48.5 Å². The molecule has 2 aliphatic rings. The van der Waals surface area contributed by atoms with Crippen molar-refractivity contribution in [3.05, 3.63) is 94.2 Å². The number of aromatic nitrogens is 1. The highest BCUT2D eigenvalue weighted by Crippen LogP contribution is 2.42. The minimum atomic E-state index is -1.18. The van der Waals surface area contributed by atoms with Crippen LogP contribution >= 0.6 is 27.5 Å². The Morgan fingerprint density at radius 2 is 1.71 bits per heavy atom. The Morgan fingerprint density at radius 1 is 1.00 bits per heavy atom. The third kappa shape index (κ3) is 6.16. The molecule has 7 nitrogen and oxygen atoms in total. The van der Waals surface area contributed by atoms with Gasteiger partial charge in [-0.1, -0.05) is 35.0 Å². The number of rotatable bonds is 8. The number of anilines is 1. The predicted octanol–water partition coefficient (Wildman–Crippen LogP) is 7.77. The summed E-state index contributed by atoms with van der Waals surface area (Å²) in [7, 11) is 0. The second-order valence-corrected chi connectivity index (χ2v) is 12.9. The number of alkyl halides is 1. The summed E-state index contributed by atoms with van der Waals surface area (Å²) in [5.74, 6) is -2.07. The van der Waals surface area contributed by atoms with Crippen molar-refractivity contribution in [3.63, 3.8) is 0 Å². The zero-order valence-corrected chi connectivity index (χ0v) is 26.7. The number of Topliss-reactive ketones (excluding diaryl/α,β-unsaturated/α-hetero) is 1. The number of hydrogen-bond acceptors (Lipinski definition) is 6. The number of amides is 2. The standard InChI is InChI=1S/C35H29BrClFN2O5/c1-19-2-12-25-27(16-19)34(43)40(33(25)42)24-10-5-20(6-11-24)30-18-28(26-17-22(36)7-13-29(26)39-30)35(44)45-31(14-15-37)32(41)21-3-8-23(38)9-4-21/h3-11,13,17-19,25,27,31H,2,12,14-16H2,1H3. The Morgan fingerprint density at radius 3 is 2.42 bits per heavy atom. The molecule has 4 aromatic rings. The van der Waals surface area contributed by atoms with E-state index in [1.165, 1.54) is 29.2 Å². The first-order chi connectivity index (χ1) is 21.6. The minimum Gasteiger partial charge on any atom is -0.450 e. The van der Waals surface area contributed by atoms with Crippen LogP contribution in [-0.4, -0.2) is 40.5 Å². The van der Waals surface area contributed by atoms with Crippen LogP contribution in [-0.2, 0) is 14.3 Å². The van der Waals surface area contributed by atoms with E-state index in [9.17, 15) is 23.6 Å². The zero-order valence-electron chi connectivity index (χ0n) is 24.3. The average molecular weight is 692 g/mol. The molecule has 10 heteroatoms. The Balaban J connectivity index is 1.31. The Labute approximate surface area is 272 Å². The van der Waals surface area contributed by atoms with Crippen LogP contribution in [0.25, 0.3) is 22.2 Å². The molecule has 0 spiro atoms. The van der Waals surface area contributed by atoms with E-state index in [0.717, 1.165) is 23.7 Å². The number of halogens is 3. The third-order valence-corrected chi connectivity index (χ3v) is 9.35. The van der Waals surface area contributed by atoms with Gasteiger partial charge in [0.05, 0.1) is 34.3 Å². The Bertz CT molecular complexity index is 1810. The van der Waals surface area contributed by atoms with Gasteiger partial charge >= 0.3 is 5.97 Å². The maximum Gasteiger partial charge on any atom is 0.339 e. The lowest BCUT2D eigenvalue weighted by atomic mass is 9.76. The van der Waals surface area contributed by atoms with Gasteiger partial charge in [-0.05, 0) is 85.8 Å². The molecule has 1 aromatic heterocycles. The van der Waals surface area contributed by atoms with Crippen molar-refractivity contribution in [2.75, 3.05) is 10.8 Å². The first kappa shape index (κ1) is 31.0. The highest BCUT2D eigenvalue weighted by atomic mass is 79.9. The summed E-state index contributed by atoms with van der Waals surface area (Å²) in [6.07, 6.45) is 1.28. The minimum absolute atomic E-state index is 0.0632. The number of ether oxygens (including phenoxy) is 1. The molecule has 2 amide bonds. The number of nitrogens with zero attached hydrogens (tertiary/aromatic N) is 2. The molecule has 45 heavy (non-hydrogen) atoms. The molecule has 6 rings (SSSR count). The fourth-order valence-electron chi connectivity index (χ4n) is 6.28. The molecule has 3 aromatic carbocycles. The van der Waals surface area contributed by atoms with E-state index in [4.69, 9.17) is 21.3 Å². The smallest absolute Gasteiger partial charge is 0.339 e. The first-order valence-electron chi connectivity index (χ1n) is 14.8. The van der Waals surface area contributed by atoms with Crippen LogP contribution < -0.4 is 4.90 Å². The summed E-state index contributed by atoms with van der Waals surface area (Å²) < 4.78 is 19.9. The Kier molecular flexibility index (Phi) is 8.84. The largest absolute Gasteiger partial charge is 0.450 e. The highest BCUT2D eigenvalue weighted by Gasteiger charge is 2.50. The van der Waals surface area contributed by atoms with Gasteiger partial charge in [0.1, 0.15) is 5.82 Å². The second kappa shape index (κ2) is 12.8. The van der Waals surface area contributed by atoms with Gasteiger partial charge in [-0.25, -0.2) is 14.2 Å². The summed E-state index contributed by atoms with van der Waals surface area (Å²) in [6, 6.07) is 18.9. The van der Waals surface area contributed by atoms with Crippen LogP contribution in [0, 0.1) is 23.6 Å². The van der Waals surface area contributed by atoms with E-state index in [-0.39, 0.29) is 47.1 Å². The molecule has 1 saturated heterocycles. The van der Waals surface area contributed by atoms with Crippen molar-refractivity contribution in [1.82, 2.24) is 4.98 Å². The summed E-state index contributed by atoms with van der Waals surface area (Å²) >= 11 is 9.41. The van der Waals surface area contributed by atoms with Gasteiger partial charge in [0.25, 0.3) is 0 Å². The quantitative estimate of drug-likeness (QED) is 0.0812. The molecule has 0 radical (unpaired) electrons. The molecule has 1 aliphatic heterocycles. The van der Waals surface area contributed by atoms with Crippen LogP contribution in [0.1, 0.15) is 53.3 Å². The van der Waals surface area contributed by atoms with E-state index in [2.05, 4.69) is 22.9 Å². The van der Waals surface area contributed by atoms with Crippen molar-refractivity contribution in [2.24, 2.45) is 17.8 Å². The number of benzene rings is 3. The van der Waals surface area contributed by atoms with Crippen LogP contribution in [0.5, 0.6) is 0 Å². The normalized spacial score (nSPS) is 20.3. The number of fused-ring (bicyclic) bond motifs is 2. The number of ketones is 1. The lowest BCUT2D eigenvalue weighted by Gasteiger charge is -2.25. The van der Waals surface area contributed by atoms with Gasteiger partial charge in [-0.2, -0.15) is 0 Å². The molecule has 0 bridgehead atoms. The van der Waals surface area contributed by atoms with E-state index in [0.29, 0.717) is 33.8 Å². The maximum absolute atomic E-state index is 13.7. The number of imide groups is 1. The lowest BCUT2D eigenvalue weighted by molar-refractivity contribution is -0.122. The van der Waals surface area contributed by atoms with Gasteiger partial charge in [0.15, 0.2) is 6.10 Å². The van der Waals surface area contributed by atoms with Crippen LogP contribution in [0.15, 0.2) is 77.3 Å². The van der Waals surface area contributed by atoms with E-state index in [1.807, 2.05) is 0 Å². The van der Waals surface area contributed by atoms with Crippen molar-refractivity contribution in [3.8, 4) is 11.3 Å². The van der Waals surface area contributed by atoms with Crippen molar-refractivity contribution < 1.29 is 28.3 Å². The van der Waals surface area contributed by atoms with E-state index < -0.39 is 23.7 Å². The molecular formula is C35H29BrClFN2O5. The summed E-state index contributed by atoms with van der Waals surface area (Å²) in [5, 5.41) is 0.513. The molecular weight excluding hydrogens is 663 g/mol. The van der Waals surface area contributed by atoms with Crippen LogP contribution in [0.2, 0.25) is 0 Å². The molecule has 230 valence electrons. The van der Waals surface area contributed by atoms with Crippen molar-refractivity contribution >= 4 is 67.7 Å². The molecule has 4 atom stereocenters. The fraction of sp³-hybridized carbons (Fsp3) is 0.286. The predicted molar refractivity (Wildman–Crippen MR) is 173 cm³/mol. The molecule has 1 aliphatic carbocycles. The van der Waals surface area contributed by atoms with Gasteiger partial charge in [0, 0.05) is 33.3 Å². The molecule has 4 unspecified atom stereocenters. The van der Waals surface area contributed by atoms with Crippen LogP contribution in [0.4, 0.5) is 10.1 Å². The monoisotopic (exact) mass is 690 g/mol. The summed E-state index contributed by atoms with van der Waals surface area (Å²) in [5.41, 5.74) is 2.53. The number of hydrogen-bond donors (Lipinski definition) is 0. The number of carbonyl (C=O) groups excluding carboxylic acids is 4. The summed E-state index contributed by atoms with van der Waals surface area (Å²) in [4.78, 5) is 59.3. The molecule has 2 heterocycles. The van der Waals surface area contributed by atoms with E-state index >= 15 is 0 Å². The van der Waals surface area contributed by atoms with Gasteiger partial charge < -0.3 is 4.74 Å². The number of esters is 1. The zero-order chi connectivity index (χ0) is 31.8. The topological polar surface area (TPSA) is 93.6 Å². The SMILES string of the molecule is CC1CCC2C(=O)N(c3ccc(-c4cc(C(=O)OC(CCCl)C(=O)c5ccc(F)cc5)c5cc(Br)ccc5n4)cc3)C(=O)C2C1. The molecule has 2 fully saturated rings. The number of pyridine rings is 1.